The molecule has 0 aliphatic carbocycles. The van der Waals surface area contributed by atoms with Crippen LogP contribution in [-0.4, -0.2) is 33.7 Å². The Balaban J connectivity index is 1.32. The van der Waals surface area contributed by atoms with Crippen LogP contribution in [0.4, 0.5) is 5.69 Å². The summed E-state index contributed by atoms with van der Waals surface area (Å²) in [5.74, 6) is 0.828. The molecule has 0 bridgehead atoms. The minimum absolute atomic E-state index is 0.0809. The molecular formula is C27H28N4O2. The molecule has 2 amide bonds. The van der Waals surface area contributed by atoms with Crippen LogP contribution in [0.5, 0.6) is 0 Å². The molecule has 0 radical (unpaired) electrons. The van der Waals surface area contributed by atoms with Crippen LogP contribution in [0.25, 0.3) is 11.0 Å². The maximum atomic E-state index is 12.8. The highest BCUT2D eigenvalue weighted by molar-refractivity contribution is 6.04. The van der Waals surface area contributed by atoms with Crippen LogP contribution in [-0.2, 0) is 11.2 Å². The van der Waals surface area contributed by atoms with E-state index in [2.05, 4.69) is 15.3 Å². The van der Waals surface area contributed by atoms with E-state index in [1.165, 1.54) is 0 Å². The van der Waals surface area contributed by atoms with Crippen molar-refractivity contribution in [1.82, 2.24) is 14.9 Å². The molecule has 0 spiro atoms. The number of carbonyl (C=O) groups excluding carboxylic acids is 2. The highest BCUT2D eigenvalue weighted by atomic mass is 16.2. The van der Waals surface area contributed by atoms with Gasteiger partial charge in [-0.05, 0) is 55.3 Å². The second-order valence-electron chi connectivity index (χ2n) is 8.18. The van der Waals surface area contributed by atoms with E-state index in [-0.39, 0.29) is 17.9 Å². The summed E-state index contributed by atoms with van der Waals surface area (Å²) < 4.78 is 0. The molecule has 2 N–H and O–H groups in total. The molecule has 1 aromatic heterocycles. The van der Waals surface area contributed by atoms with Gasteiger partial charge >= 0.3 is 0 Å². The zero-order valence-corrected chi connectivity index (χ0v) is 18.9. The molecule has 6 heteroatoms. The SMILES string of the molecule is CC(c1cccc(NC(=O)c2ccccc2)c1)N(C)C(=O)CCCc1nc2ccccc2[nH]1. The third kappa shape index (κ3) is 5.47. The summed E-state index contributed by atoms with van der Waals surface area (Å²) in [5.41, 5.74) is 4.24. The van der Waals surface area contributed by atoms with Crippen molar-refractivity contribution < 1.29 is 9.59 Å². The molecule has 33 heavy (non-hydrogen) atoms. The molecule has 0 saturated carbocycles. The minimum Gasteiger partial charge on any atom is -0.342 e. The van der Waals surface area contributed by atoms with Crippen molar-refractivity contribution in [2.24, 2.45) is 0 Å². The Morgan fingerprint density at radius 2 is 1.76 bits per heavy atom. The Morgan fingerprint density at radius 3 is 2.55 bits per heavy atom. The highest BCUT2D eigenvalue weighted by Crippen LogP contribution is 2.23. The third-order valence-electron chi connectivity index (χ3n) is 5.88. The second kappa shape index (κ2) is 10.1. The van der Waals surface area contributed by atoms with Crippen LogP contribution in [0, 0.1) is 0 Å². The van der Waals surface area contributed by atoms with Gasteiger partial charge < -0.3 is 15.2 Å². The maximum absolute atomic E-state index is 12.8. The summed E-state index contributed by atoms with van der Waals surface area (Å²) in [7, 11) is 1.82. The van der Waals surface area contributed by atoms with Gasteiger partial charge in [0.1, 0.15) is 5.82 Å². The summed E-state index contributed by atoms with van der Waals surface area (Å²) >= 11 is 0. The number of carbonyl (C=O) groups is 2. The van der Waals surface area contributed by atoms with Gasteiger partial charge in [0, 0.05) is 31.1 Å². The van der Waals surface area contributed by atoms with Crippen molar-refractivity contribution in [3.8, 4) is 0 Å². The normalized spacial score (nSPS) is 11.8. The average Bonchev–Trinajstić information content (AvgIpc) is 3.26. The van der Waals surface area contributed by atoms with E-state index < -0.39 is 0 Å². The van der Waals surface area contributed by atoms with Gasteiger partial charge in [-0.2, -0.15) is 0 Å². The first-order chi connectivity index (χ1) is 16.0. The van der Waals surface area contributed by atoms with Crippen molar-refractivity contribution >= 4 is 28.5 Å². The van der Waals surface area contributed by atoms with Crippen molar-refractivity contribution in [1.29, 1.82) is 0 Å². The first-order valence-electron chi connectivity index (χ1n) is 11.2. The first-order valence-corrected chi connectivity index (χ1v) is 11.2. The zero-order valence-electron chi connectivity index (χ0n) is 18.9. The van der Waals surface area contributed by atoms with E-state index in [0.717, 1.165) is 35.3 Å². The molecule has 4 aromatic rings. The second-order valence-corrected chi connectivity index (χ2v) is 8.18. The smallest absolute Gasteiger partial charge is 0.255 e. The van der Waals surface area contributed by atoms with Gasteiger partial charge in [0.15, 0.2) is 0 Å². The van der Waals surface area contributed by atoms with Crippen LogP contribution >= 0.6 is 0 Å². The molecule has 0 fully saturated rings. The molecule has 3 aromatic carbocycles. The van der Waals surface area contributed by atoms with Gasteiger partial charge in [0.25, 0.3) is 5.91 Å². The van der Waals surface area contributed by atoms with E-state index in [0.29, 0.717) is 17.7 Å². The number of para-hydroxylation sites is 2. The van der Waals surface area contributed by atoms with Crippen molar-refractivity contribution in [2.75, 3.05) is 12.4 Å². The summed E-state index contributed by atoms with van der Waals surface area (Å²) in [4.78, 5) is 34.9. The number of hydrogen-bond donors (Lipinski definition) is 2. The van der Waals surface area contributed by atoms with E-state index in [1.807, 2.05) is 80.7 Å². The number of aromatic nitrogens is 2. The van der Waals surface area contributed by atoms with Crippen LogP contribution in [0.15, 0.2) is 78.9 Å². The lowest BCUT2D eigenvalue weighted by Crippen LogP contribution is -2.29. The number of aryl methyl sites for hydroxylation is 1. The lowest BCUT2D eigenvalue weighted by atomic mass is 10.1. The number of nitrogens with one attached hydrogen (secondary N) is 2. The van der Waals surface area contributed by atoms with Gasteiger partial charge in [0.2, 0.25) is 5.91 Å². The van der Waals surface area contributed by atoms with Crippen LogP contribution in [0.2, 0.25) is 0 Å². The number of aromatic amines is 1. The molecule has 4 rings (SSSR count). The maximum Gasteiger partial charge on any atom is 0.255 e. The monoisotopic (exact) mass is 440 g/mol. The van der Waals surface area contributed by atoms with Gasteiger partial charge in [0.05, 0.1) is 17.1 Å². The summed E-state index contributed by atoms with van der Waals surface area (Å²) in [5, 5.41) is 2.93. The number of anilines is 1. The number of amides is 2. The summed E-state index contributed by atoms with van der Waals surface area (Å²) in [6.07, 6.45) is 1.90. The number of benzene rings is 3. The average molecular weight is 441 g/mol. The number of nitrogens with zero attached hydrogens (tertiary/aromatic N) is 2. The zero-order chi connectivity index (χ0) is 23.2. The first kappa shape index (κ1) is 22.3. The lowest BCUT2D eigenvalue weighted by molar-refractivity contribution is -0.131. The topological polar surface area (TPSA) is 78.1 Å². The van der Waals surface area contributed by atoms with Crippen LogP contribution in [0.1, 0.15) is 47.6 Å². The Morgan fingerprint density at radius 1 is 1.00 bits per heavy atom. The number of fused-ring (bicyclic) bond motifs is 1. The van der Waals surface area contributed by atoms with Crippen molar-refractivity contribution in [2.45, 2.75) is 32.2 Å². The van der Waals surface area contributed by atoms with Gasteiger partial charge in [-0.15, -0.1) is 0 Å². The van der Waals surface area contributed by atoms with E-state index in [4.69, 9.17) is 0 Å². The quantitative estimate of drug-likeness (QED) is 0.387. The molecular weight excluding hydrogens is 412 g/mol. The molecule has 1 atom stereocenters. The Bertz CT molecular complexity index is 1220. The van der Waals surface area contributed by atoms with E-state index in [9.17, 15) is 9.59 Å². The molecule has 0 aliphatic rings. The molecule has 0 aliphatic heterocycles. The Hall–Kier alpha value is -3.93. The highest BCUT2D eigenvalue weighted by Gasteiger charge is 2.18. The number of hydrogen-bond acceptors (Lipinski definition) is 3. The largest absolute Gasteiger partial charge is 0.342 e. The number of H-pyrrole nitrogens is 1. The predicted molar refractivity (Wildman–Crippen MR) is 131 cm³/mol. The summed E-state index contributed by atoms with van der Waals surface area (Å²) in [6.45, 7) is 2.00. The molecule has 6 nitrogen and oxygen atoms in total. The number of rotatable bonds is 8. The van der Waals surface area contributed by atoms with E-state index >= 15 is 0 Å². The summed E-state index contributed by atoms with van der Waals surface area (Å²) in [6, 6.07) is 24.6. The van der Waals surface area contributed by atoms with E-state index in [1.54, 1.807) is 17.0 Å². The molecule has 1 heterocycles. The molecule has 168 valence electrons. The van der Waals surface area contributed by atoms with Gasteiger partial charge in [-0.1, -0.05) is 42.5 Å². The predicted octanol–water partition coefficient (Wildman–Crippen LogP) is 5.36. The number of imidazole rings is 1. The van der Waals surface area contributed by atoms with Gasteiger partial charge in [-0.3, -0.25) is 9.59 Å². The van der Waals surface area contributed by atoms with Crippen molar-refractivity contribution in [3.63, 3.8) is 0 Å². The fourth-order valence-corrected chi connectivity index (χ4v) is 3.82. The fraction of sp³-hybridized carbons (Fsp3) is 0.222. The van der Waals surface area contributed by atoms with Crippen LogP contribution < -0.4 is 5.32 Å². The molecule has 0 saturated heterocycles. The Kier molecular flexibility index (Phi) is 6.83. The minimum atomic E-state index is -0.157. The lowest BCUT2D eigenvalue weighted by Gasteiger charge is -2.26. The standard InChI is InChI=1S/C27H28N4O2/c1-19(21-12-8-13-22(18-21)28-27(33)20-10-4-3-5-11-20)31(2)26(32)17-9-16-25-29-23-14-6-7-15-24(23)30-25/h3-8,10-15,18-19H,9,16-17H2,1-2H3,(H,28,33)(H,29,30). The van der Waals surface area contributed by atoms with Crippen LogP contribution in [0.3, 0.4) is 0 Å². The fourth-order valence-electron chi connectivity index (χ4n) is 3.82. The van der Waals surface area contributed by atoms with Crippen molar-refractivity contribution in [3.05, 3.63) is 95.8 Å². The Labute approximate surface area is 193 Å². The third-order valence-corrected chi connectivity index (χ3v) is 5.88. The van der Waals surface area contributed by atoms with Gasteiger partial charge in [-0.25, -0.2) is 4.98 Å². The molecule has 1 unspecified atom stereocenters.